The maximum absolute atomic E-state index is 12.8. The number of azo groups is 1. The molecule has 1 amide bonds. The summed E-state index contributed by atoms with van der Waals surface area (Å²) in [5, 5.41) is 7.93. The maximum Gasteiger partial charge on any atom is 0.417 e. The van der Waals surface area contributed by atoms with E-state index in [2.05, 4.69) is 15.5 Å². The number of rotatable bonds is 2. The number of nitrogens with zero attached hydrogens (tertiary/aromatic N) is 2. The predicted molar refractivity (Wildman–Crippen MR) is 72.8 cm³/mol. The highest BCUT2D eigenvalue weighted by atomic mass is 35.5. The zero-order valence-corrected chi connectivity index (χ0v) is 12.7. The van der Waals surface area contributed by atoms with Gasteiger partial charge < -0.3 is 5.32 Å². The highest BCUT2D eigenvalue weighted by molar-refractivity contribution is 6.31. The highest BCUT2D eigenvalue weighted by Crippen LogP contribution is 2.38. The highest BCUT2D eigenvalue weighted by Gasteiger charge is 2.51. The Morgan fingerprint density at radius 3 is 2.42 bits per heavy atom. The molecule has 0 saturated heterocycles. The molecule has 2 atom stereocenters. The van der Waals surface area contributed by atoms with Gasteiger partial charge in [0.25, 0.3) is 5.91 Å². The number of hydrogen-bond acceptors (Lipinski definition) is 3. The number of nitrogens with one attached hydrogen (secondary N) is 1. The van der Waals surface area contributed by atoms with Gasteiger partial charge in [0, 0.05) is 12.1 Å². The molecule has 0 aliphatic carbocycles. The number of halogens is 7. The van der Waals surface area contributed by atoms with Crippen molar-refractivity contribution in [1.82, 2.24) is 0 Å². The molecule has 0 saturated carbocycles. The van der Waals surface area contributed by atoms with E-state index in [1.807, 2.05) is 0 Å². The van der Waals surface area contributed by atoms with Crippen LogP contribution in [0, 0.1) is 0 Å². The lowest BCUT2D eigenvalue weighted by atomic mass is 9.94. The molecule has 1 aromatic rings. The molecule has 132 valence electrons. The van der Waals surface area contributed by atoms with Crippen LogP contribution in [0.1, 0.15) is 18.9 Å². The van der Waals surface area contributed by atoms with Crippen molar-refractivity contribution in [3.8, 4) is 0 Å². The van der Waals surface area contributed by atoms with E-state index in [0.29, 0.717) is 6.07 Å². The Bertz CT molecular complexity index is 687. The average Bonchev–Trinajstić information content (AvgIpc) is 2.84. The molecule has 0 aromatic heterocycles. The van der Waals surface area contributed by atoms with Crippen molar-refractivity contribution < 1.29 is 31.1 Å². The molecule has 2 unspecified atom stereocenters. The van der Waals surface area contributed by atoms with E-state index in [0.717, 1.165) is 19.1 Å². The minimum Gasteiger partial charge on any atom is -0.324 e. The summed E-state index contributed by atoms with van der Waals surface area (Å²) in [4.78, 5) is 12.1. The van der Waals surface area contributed by atoms with E-state index in [-0.39, 0.29) is 5.69 Å². The standard InChI is InChI=1S/C13H10ClF6N3O/c1-11(5-9(22-23-11)13(18,19)20)10(24)21-6-2-3-8(14)7(4-6)12(15,16)17/h2-4,9H,5H2,1H3,(H,21,24). The van der Waals surface area contributed by atoms with Crippen LogP contribution in [0.4, 0.5) is 32.0 Å². The molecule has 0 spiro atoms. The van der Waals surface area contributed by atoms with Gasteiger partial charge in [-0.3, -0.25) is 4.79 Å². The van der Waals surface area contributed by atoms with E-state index in [1.54, 1.807) is 0 Å². The minimum atomic E-state index is -4.74. The molecule has 2 rings (SSSR count). The molecule has 1 aliphatic heterocycles. The first-order chi connectivity index (χ1) is 10.8. The molecular weight excluding hydrogens is 364 g/mol. The third-order valence-electron chi connectivity index (χ3n) is 3.41. The van der Waals surface area contributed by atoms with Gasteiger partial charge in [-0.15, -0.1) is 0 Å². The zero-order chi connectivity index (χ0) is 18.3. The van der Waals surface area contributed by atoms with Crippen molar-refractivity contribution in [3.63, 3.8) is 0 Å². The second-order valence-electron chi connectivity index (χ2n) is 5.40. The van der Waals surface area contributed by atoms with Crippen molar-refractivity contribution in [2.24, 2.45) is 10.2 Å². The molecule has 1 heterocycles. The summed E-state index contributed by atoms with van der Waals surface area (Å²) in [6.45, 7) is 1.12. The van der Waals surface area contributed by atoms with Crippen molar-refractivity contribution in [1.29, 1.82) is 0 Å². The summed E-state index contributed by atoms with van der Waals surface area (Å²) in [5.74, 6) is -0.992. The number of hydrogen-bond donors (Lipinski definition) is 1. The zero-order valence-electron chi connectivity index (χ0n) is 12.0. The van der Waals surface area contributed by atoms with Crippen molar-refractivity contribution in [3.05, 3.63) is 28.8 Å². The lowest BCUT2D eigenvalue weighted by Gasteiger charge is -2.20. The van der Waals surface area contributed by atoms with Crippen molar-refractivity contribution >= 4 is 23.2 Å². The number of carbonyl (C=O) groups excluding carboxylic acids is 1. The fourth-order valence-electron chi connectivity index (χ4n) is 2.06. The van der Waals surface area contributed by atoms with Crippen LogP contribution in [0.2, 0.25) is 5.02 Å². The van der Waals surface area contributed by atoms with E-state index < -0.39 is 46.8 Å². The van der Waals surface area contributed by atoms with Gasteiger partial charge in [0.2, 0.25) is 0 Å². The molecule has 24 heavy (non-hydrogen) atoms. The second kappa shape index (κ2) is 5.91. The third-order valence-corrected chi connectivity index (χ3v) is 3.73. The molecule has 1 aromatic carbocycles. The lowest BCUT2D eigenvalue weighted by molar-refractivity contribution is -0.148. The van der Waals surface area contributed by atoms with Crippen LogP contribution in [0.3, 0.4) is 0 Å². The van der Waals surface area contributed by atoms with Gasteiger partial charge in [0.05, 0.1) is 10.6 Å². The molecular formula is C13H10ClF6N3O. The van der Waals surface area contributed by atoms with Crippen molar-refractivity contribution in [2.75, 3.05) is 5.32 Å². The van der Waals surface area contributed by atoms with Crippen molar-refractivity contribution in [2.45, 2.75) is 37.3 Å². The molecule has 4 nitrogen and oxygen atoms in total. The summed E-state index contributed by atoms with van der Waals surface area (Å²) < 4.78 is 76.1. The SMILES string of the molecule is CC1(C(=O)Nc2ccc(Cl)c(C(F)(F)F)c2)CC(C(F)(F)F)N=N1. The smallest absolute Gasteiger partial charge is 0.324 e. The van der Waals surface area contributed by atoms with Crippen LogP contribution in [0.15, 0.2) is 28.4 Å². The molecule has 11 heteroatoms. The first-order valence-electron chi connectivity index (χ1n) is 6.50. The van der Waals surface area contributed by atoms with E-state index in [9.17, 15) is 31.1 Å². The summed E-state index contributed by atoms with van der Waals surface area (Å²) in [6.07, 6.45) is -10.1. The Kier molecular flexibility index (Phi) is 4.55. The minimum absolute atomic E-state index is 0.261. The van der Waals surface area contributed by atoms with E-state index in [1.165, 1.54) is 0 Å². The second-order valence-corrected chi connectivity index (χ2v) is 5.80. The molecule has 0 bridgehead atoms. The van der Waals surface area contributed by atoms with Crippen LogP contribution in [-0.2, 0) is 11.0 Å². The topological polar surface area (TPSA) is 53.8 Å². The van der Waals surface area contributed by atoms with E-state index in [4.69, 9.17) is 11.6 Å². The van der Waals surface area contributed by atoms with Crippen LogP contribution in [0.5, 0.6) is 0 Å². The fourth-order valence-corrected chi connectivity index (χ4v) is 2.29. The van der Waals surface area contributed by atoms with Gasteiger partial charge >= 0.3 is 12.4 Å². The average molecular weight is 374 g/mol. The molecule has 0 radical (unpaired) electrons. The number of anilines is 1. The predicted octanol–water partition coefficient (Wildman–Crippen LogP) is 4.84. The monoisotopic (exact) mass is 373 g/mol. The number of benzene rings is 1. The Hall–Kier alpha value is -1.84. The first kappa shape index (κ1) is 18.5. The number of carbonyl (C=O) groups is 1. The van der Waals surface area contributed by atoms with Gasteiger partial charge in [-0.1, -0.05) is 11.6 Å². The number of amides is 1. The first-order valence-corrected chi connectivity index (χ1v) is 6.88. The summed E-state index contributed by atoms with van der Waals surface area (Å²) in [7, 11) is 0. The summed E-state index contributed by atoms with van der Waals surface area (Å²) >= 11 is 5.45. The quantitative estimate of drug-likeness (QED) is 0.741. The van der Waals surface area contributed by atoms with Crippen LogP contribution in [0.25, 0.3) is 0 Å². The van der Waals surface area contributed by atoms with Crippen LogP contribution in [-0.4, -0.2) is 23.7 Å². The summed E-state index contributed by atoms with van der Waals surface area (Å²) in [6, 6.07) is 0.504. The van der Waals surface area contributed by atoms with Gasteiger partial charge in [-0.2, -0.15) is 36.6 Å². The molecule has 1 aliphatic rings. The lowest BCUT2D eigenvalue weighted by Crippen LogP contribution is -2.40. The molecule has 0 fully saturated rings. The van der Waals surface area contributed by atoms with Gasteiger partial charge in [0.15, 0.2) is 11.6 Å². The Labute approximate surface area is 136 Å². The molecule has 1 N–H and O–H groups in total. The Balaban J connectivity index is 2.18. The maximum atomic E-state index is 12.8. The third kappa shape index (κ3) is 3.80. The van der Waals surface area contributed by atoms with Gasteiger partial charge in [0.1, 0.15) is 0 Å². The van der Waals surface area contributed by atoms with E-state index >= 15 is 0 Å². The fraction of sp³-hybridized carbons (Fsp3) is 0.462. The normalized spacial score (nSPS) is 24.2. The van der Waals surface area contributed by atoms with Crippen LogP contribution < -0.4 is 5.32 Å². The Morgan fingerprint density at radius 1 is 1.29 bits per heavy atom. The van der Waals surface area contributed by atoms with Gasteiger partial charge in [-0.05, 0) is 25.1 Å². The largest absolute Gasteiger partial charge is 0.417 e. The van der Waals surface area contributed by atoms with Crippen LogP contribution >= 0.6 is 11.6 Å². The summed E-state index contributed by atoms with van der Waals surface area (Å²) in [5.41, 5.74) is -3.25. The Morgan fingerprint density at radius 2 is 1.92 bits per heavy atom. The van der Waals surface area contributed by atoms with Gasteiger partial charge in [-0.25, -0.2) is 0 Å². The number of alkyl halides is 6.